The molecule has 24 heavy (non-hydrogen) atoms. The topological polar surface area (TPSA) is 84.2 Å². The molecule has 0 bridgehead atoms. The fraction of sp³-hybridized carbons (Fsp3) is 0.167. The smallest absolute Gasteiger partial charge is 0.309 e. The first-order valence-electron chi connectivity index (χ1n) is 7.64. The molecule has 2 amide bonds. The minimum absolute atomic E-state index is 0.285. The maximum absolute atomic E-state index is 11.8. The van der Waals surface area contributed by atoms with Crippen LogP contribution < -0.4 is 10.6 Å². The molecule has 2 N–H and O–H groups in total. The molecule has 0 aliphatic carbocycles. The van der Waals surface area contributed by atoms with Crippen LogP contribution >= 0.6 is 0 Å². The van der Waals surface area contributed by atoms with Gasteiger partial charge in [-0.25, -0.2) is 0 Å². The summed E-state index contributed by atoms with van der Waals surface area (Å²) in [6.45, 7) is 0.651. The average molecular weight is 323 g/mol. The Hall–Kier alpha value is -3.15. The number of amides is 2. The van der Waals surface area contributed by atoms with Crippen LogP contribution in [-0.2, 0) is 22.6 Å². The molecule has 0 aliphatic rings. The highest BCUT2D eigenvalue weighted by atomic mass is 16.3. The predicted octanol–water partition coefficient (Wildman–Crippen LogP) is 1.80. The highest BCUT2D eigenvalue weighted by Crippen LogP contribution is 2.16. The van der Waals surface area contributed by atoms with Crippen LogP contribution in [0.15, 0.2) is 59.3 Å². The van der Waals surface area contributed by atoms with Crippen molar-refractivity contribution in [1.29, 1.82) is 0 Å². The van der Waals surface area contributed by atoms with Gasteiger partial charge in [0, 0.05) is 36.8 Å². The normalized spacial score (nSPS) is 10.5. The number of benzene rings is 1. The van der Waals surface area contributed by atoms with Gasteiger partial charge in [-0.15, -0.1) is 0 Å². The first kappa shape index (κ1) is 15.7. The molecule has 0 spiro atoms. The molecule has 122 valence electrons. The van der Waals surface area contributed by atoms with E-state index in [1.54, 1.807) is 12.5 Å². The number of fused-ring (bicyclic) bond motifs is 1. The van der Waals surface area contributed by atoms with E-state index in [0.29, 0.717) is 13.0 Å². The van der Waals surface area contributed by atoms with E-state index in [-0.39, 0.29) is 6.54 Å². The van der Waals surface area contributed by atoms with Gasteiger partial charge in [0.05, 0.1) is 6.26 Å². The number of rotatable bonds is 5. The molecule has 0 unspecified atom stereocenters. The van der Waals surface area contributed by atoms with Crippen molar-refractivity contribution in [3.05, 3.63) is 66.2 Å². The molecular weight excluding hydrogens is 306 g/mol. The van der Waals surface area contributed by atoms with Crippen LogP contribution in [0.5, 0.6) is 0 Å². The Kier molecular flexibility index (Phi) is 4.86. The van der Waals surface area contributed by atoms with Gasteiger partial charge in [0.2, 0.25) is 0 Å². The van der Waals surface area contributed by atoms with Gasteiger partial charge in [-0.1, -0.05) is 12.1 Å². The standard InChI is InChI=1S/C18H17N3O3/c22-17(20-9-6-15-3-1-2-8-19-15)18(23)21-12-13-4-5-16-14(11-13)7-10-24-16/h1-5,7-8,10-11H,6,9,12H2,(H,20,22)(H,21,23). The molecular formula is C18H17N3O3. The maximum Gasteiger partial charge on any atom is 0.309 e. The summed E-state index contributed by atoms with van der Waals surface area (Å²) in [6.07, 6.45) is 3.89. The lowest BCUT2D eigenvalue weighted by Gasteiger charge is -2.06. The van der Waals surface area contributed by atoms with Gasteiger partial charge < -0.3 is 15.1 Å². The zero-order valence-electron chi connectivity index (χ0n) is 13.0. The van der Waals surface area contributed by atoms with Crippen LogP contribution in [0.25, 0.3) is 11.0 Å². The van der Waals surface area contributed by atoms with Gasteiger partial charge in [0.25, 0.3) is 0 Å². The van der Waals surface area contributed by atoms with E-state index < -0.39 is 11.8 Å². The summed E-state index contributed by atoms with van der Waals surface area (Å²) in [7, 11) is 0. The lowest BCUT2D eigenvalue weighted by atomic mass is 10.1. The summed E-state index contributed by atoms with van der Waals surface area (Å²) >= 11 is 0. The largest absolute Gasteiger partial charge is 0.464 e. The van der Waals surface area contributed by atoms with Gasteiger partial charge in [0.1, 0.15) is 5.58 Å². The molecule has 0 atom stereocenters. The third-order valence-electron chi connectivity index (χ3n) is 3.57. The molecule has 1 aromatic carbocycles. The number of nitrogens with one attached hydrogen (secondary N) is 2. The van der Waals surface area contributed by atoms with Crippen molar-refractivity contribution in [2.75, 3.05) is 6.54 Å². The van der Waals surface area contributed by atoms with Crippen molar-refractivity contribution < 1.29 is 14.0 Å². The molecule has 6 heteroatoms. The van der Waals surface area contributed by atoms with E-state index in [1.165, 1.54) is 0 Å². The maximum atomic E-state index is 11.8. The Morgan fingerprint density at radius 3 is 2.75 bits per heavy atom. The van der Waals surface area contributed by atoms with E-state index in [1.807, 2.05) is 42.5 Å². The fourth-order valence-electron chi connectivity index (χ4n) is 2.32. The highest BCUT2D eigenvalue weighted by molar-refractivity contribution is 6.35. The van der Waals surface area contributed by atoms with Crippen LogP contribution in [0.3, 0.4) is 0 Å². The van der Waals surface area contributed by atoms with Crippen molar-refractivity contribution in [1.82, 2.24) is 15.6 Å². The van der Waals surface area contributed by atoms with Crippen molar-refractivity contribution in [3.8, 4) is 0 Å². The summed E-state index contributed by atoms with van der Waals surface area (Å²) in [5.41, 5.74) is 2.56. The minimum atomic E-state index is -0.650. The molecule has 0 aliphatic heterocycles. The molecule has 0 fully saturated rings. The van der Waals surface area contributed by atoms with Crippen LogP contribution in [0, 0.1) is 0 Å². The summed E-state index contributed by atoms with van der Waals surface area (Å²) in [5.74, 6) is -1.29. The molecule has 2 aromatic heterocycles. The average Bonchev–Trinajstić information content (AvgIpc) is 3.08. The first-order chi connectivity index (χ1) is 11.7. The molecule has 0 saturated carbocycles. The Balaban J connectivity index is 1.44. The van der Waals surface area contributed by atoms with Crippen LogP contribution in [-0.4, -0.2) is 23.3 Å². The Morgan fingerprint density at radius 2 is 1.92 bits per heavy atom. The Bertz CT molecular complexity index is 843. The fourth-order valence-corrected chi connectivity index (χ4v) is 2.32. The Morgan fingerprint density at radius 1 is 1.04 bits per heavy atom. The Labute approximate surface area is 138 Å². The minimum Gasteiger partial charge on any atom is -0.464 e. The molecule has 3 aromatic rings. The van der Waals surface area contributed by atoms with Gasteiger partial charge >= 0.3 is 11.8 Å². The number of furan rings is 1. The van der Waals surface area contributed by atoms with Crippen molar-refractivity contribution in [2.24, 2.45) is 0 Å². The lowest BCUT2D eigenvalue weighted by Crippen LogP contribution is -2.40. The van der Waals surface area contributed by atoms with E-state index in [2.05, 4.69) is 15.6 Å². The zero-order chi connectivity index (χ0) is 16.8. The van der Waals surface area contributed by atoms with Crippen LogP contribution in [0.4, 0.5) is 0 Å². The number of nitrogens with zero attached hydrogens (tertiary/aromatic N) is 1. The second-order valence-electron chi connectivity index (χ2n) is 5.30. The van der Waals surface area contributed by atoms with Gasteiger partial charge in [-0.3, -0.25) is 14.6 Å². The monoisotopic (exact) mass is 323 g/mol. The third kappa shape index (κ3) is 3.98. The van der Waals surface area contributed by atoms with Gasteiger partial charge in [-0.05, 0) is 35.9 Å². The van der Waals surface area contributed by atoms with Crippen molar-refractivity contribution in [3.63, 3.8) is 0 Å². The SMILES string of the molecule is O=C(NCCc1ccccn1)C(=O)NCc1ccc2occc2c1. The summed E-state index contributed by atoms with van der Waals surface area (Å²) < 4.78 is 5.26. The van der Waals surface area contributed by atoms with Crippen molar-refractivity contribution >= 4 is 22.8 Å². The predicted molar refractivity (Wildman–Crippen MR) is 89.0 cm³/mol. The van der Waals surface area contributed by atoms with E-state index >= 15 is 0 Å². The third-order valence-corrected chi connectivity index (χ3v) is 3.57. The summed E-state index contributed by atoms with van der Waals surface area (Å²) in [5, 5.41) is 6.15. The second kappa shape index (κ2) is 7.41. The second-order valence-corrected chi connectivity index (χ2v) is 5.30. The summed E-state index contributed by atoms with van der Waals surface area (Å²) in [4.78, 5) is 27.7. The zero-order valence-corrected chi connectivity index (χ0v) is 13.0. The first-order valence-corrected chi connectivity index (χ1v) is 7.64. The van der Waals surface area contributed by atoms with Crippen molar-refractivity contribution in [2.45, 2.75) is 13.0 Å². The van der Waals surface area contributed by atoms with Crippen LogP contribution in [0.1, 0.15) is 11.3 Å². The van der Waals surface area contributed by atoms with Gasteiger partial charge in [-0.2, -0.15) is 0 Å². The number of aromatic nitrogens is 1. The number of carbonyl (C=O) groups excluding carboxylic acids is 2. The lowest BCUT2D eigenvalue weighted by molar-refractivity contribution is -0.139. The molecule has 2 heterocycles. The number of hydrogen-bond donors (Lipinski definition) is 2. The summed E-state index contributed by atoms with van der Waals surface area (Å²) in [6, 6.07) is 13.0. The molecule has 3 rings (SSSR count). The molecule has 0 saturated heterocycles. The van der Waals surface area contributed by atoms with Crippen LogP contribution in [0.2, 0.25) is 0 Å². The number of carbonyl (C=O) groups is 2. The highest BCUT2D eigenvalue weighted by Gasteiger charge is 2.12. The van der Waals surface area contributed by atoms with E-state index in [9.17, 15) is 9.59 Å². The quantitative estimate of drug-likeness (QED) is 0.701. The van der Waals surface area contributed by atoms with E-state index in [4.69, 9.17) is 4.42 Å². The molecule has 6 nitrogen and oxygen atoms in total. The van der Waals surface area contributed by atoms with Gasteiger partial charge in [0.15, 0.2) is 0 Å². The molecule has 0 radical (unpaired) electrons. The number of pyridine rings is 1. The number of hydrogen-bond acceptors (Lipinski definition) is 4. The van der Waals surface area contributed by atoms with E-state index in [0.717, 1.165) is 22.2 Å².